The van der Waals surface area contributed by atoms with Gasteiger partial charge in [-0.25, -0.2) is 0 Å². The summed E-state index contributed by atoms with van der Waals surface area (Å²) < 4.78 is 0. The molecular weight excluding hydrogens is 144 g/mol. The molecule has 0 heteroatoms. The molecule has 0 amide bonds. The van der Waals surface area contributed by atoms with Crippen molar-refractivity contribution in [3.8, 4) is 0 Å². The van der Waals surface area contributed by atoms with E-state index in [1.165, 1.54) is 51.4 Å². The van der Waals surface area contributed by atoms with Gasteiger partial charge in [0.1, 0.15) is 0 Å². The van der Waals surface area contributed by atoms with E-state index in [1.54, 1.807) is 5.57 Å². The van der Waals surface area contributed by atoms with Crippen molar-refractivity contribution in [2.24, 2.45) is 0 Å². The predicted molar refractivity (Wildman–Crippen MR) is 55.0 cm³/mol. The minimum Gasteiger partial charge on any atom is -0.0853 e. The highest BCUT2D eigenvalue weighted by atomic mass is 14.1. The van der Waals surface area contributed by atoms with Crippen molar-refractivity contribution in [2.45, 2.75) is 58.3 Å². The standard InChI is InChI=1S/C12H21/c1-2-3-9-12-10-7-5-4-6-8-11-12/h3,10H,2,4-9,11H2,1H3. The summed E-state index contributed by atoms with van der Waals surface area (Å²) in [5, 5.41) is 0. The molecule has 12 heavy (non-hydrogen) atoms. The molecule has 1 aliphatic rings. The highest BCUT2D eigenvalue weighted by Gasteiger charge is 2.00. The van der Waals surface area contributed by atoms with E-state index in [1.807, 2.05) is 0 Å². The summed E-state index contributed by atoms with van der Waals surface area (Å²) in [6.45, 7) is 2.23. The van der Waals surface area contributed by atoms with Crippen LogP contribution < -0.4 is 0 Å². The van der Waals surface area contributed by atoms with Crippen LogP contribution in [0.5, 0.6) is 0 Å². The van der Waals surface area contributed by atoms with E-state index in [4.69, 9.17) is 0 Å². The van der Waals surface area contributed by atoms with Crippen LogP contribution in [0.15, 0.2) is 11.6 Å². The molecule has 69 valence electrons. The molecule has 0 atom stereocenters. The second-order valence-electron chi connectivity index (χ2n) is 3.72. The van der Waals surface area contributed by atoms with Gasteiger partial charge in [-0.15, -0.1) is 0 Å². The number of hydrogen-bond donors (Lipinski definition) is 0. The van der Waals surface area contributed by atoms with E-state index in [0.717, 1.165) is 0 Å². The average Bonchev–Trinajstić information content (AvgIpc) is 2.02. The molecule has 0 aromatic heterocycles. The van der Waals surface area contributed by atoms with Crippen molar-refractivity contribution in [2.75, 3.05) is 0 Å². The molecule has 0 saturated carbocycles. The summed E-state index contributed by atoms with van der Waals surface area (Å²) in [6, 6.07) is 0. The molecule has 1 aliphatic carbocycles. The van der Waals surface area contributed by atoms with Crippen LogP contribution in [-0.4, -0.2) is 0 Å². The monoisotopic (exact) mass is 165 g/mol. The van der Waals surface area contributed by atoms with Gasteiger partial charge in [0.15, 0.2) is 0 Å². The fourth-order valence-electron chi connectivity index (χ4n) is 1.77. The summed E-state index contributed by atoms with van der Waals surface area (Å²) >= 11 is 0. The maximum absolute atomic E-state index is 2.48. The lowest BCUT2D eigenvalue weighted by Gasteiger charge is -2.10. The van der Waals surface area contributed by atoms with E-state index in [-0.39, 0.29) is 0 Å². The zero-order valence-corrected chi connectivity index (χ0v) is 8.31. The van der Waals surface area contributed by atoms with Crippen LogP contribution in [0.2, 0.25) is 0 Å². The Hall–Kier alpha value is -0.260. The van der Waals surface area contributed by atoms with Crippen molar-refractivity contribution < 1.29 is 0 Å². The van der Waals surface area contributed by atoms with Gasteiger partial charge in [-0.05, 0) is 38.5 Å². The quantitative estimate of drug-likeness (QED) is 0.548. The molecule has 0 saturated heterocycles. The molecule has 0 aromatic rings. The number of unbranched alkanes of at least 4 members (excludes halogenated alkanes) is 1. The fraction of sp³-hybridized carbons (Fsp3) is 0.750. The predicted octanol–water partition coefficient (Wildman–Crippen LogP) is 4.27. The van der Waals surface area contributed by atoms with Crippen molar-refractivity contribution in [1.29, 1.82) is 0 Å². The number of hydrogen-bond acceptors (Lipinski definition) is 0. The second kappa shape index (κ2) is 6.28. The maximum Gasteiger partial charge on any atom is -0.0289 e. The van der Waals surface area contributed by atoms with Crippen molar-refractivity contribution in [3.05, 3.63) is 18.1 Å². The molecule has 0 bridgehead atoms. The Morgan fingerprint density at radius 2 is 2.08 bits per heavy atom. The molecule has 0 N–H and O–H groups in total. The molecule has 0 nitrogen and oxygen atoms in total. The van der Waals surface area contributed by atoms with Crippen LogP contribution >= 0.6 is 0 Å². The van der Waals surface area contributed by atoms with Crippen molar-refractivity contribution >= 4 is 0 Å². The highest BCUT2D eigenvalue weighted by Crippen LogP contribution is 2.20. The van der Waals surface area contributed by atoms with Crippen LogP contribution in [-0.2, 0) is 0 Å². The molecular formula is C12H21. The fourth-order valence-corrected chi connectivity index (χ4v) is 1.77. The summed E-state index contributed by atoms with van der Waals surface area (Å²) in [6.07, 6.45) is 15.7. The number of allylic oxidation sites excluding steroid dienone is 2. The van der Waals surface area contributed by atoms with E-state index in [0.29, 0.717) is 0 Å². The van der Waals surface area contributed by atoms with Gasteiger partial charge in [0.2, 0.25) is 0 Å². The van der Waals surface area contributed by atoms with E-state index in [9.17, 15) is 0 Å². The minimum absolute atomic E-state index is 1.22. The largest absolute Gasteiger partial charge is 0.0853 e. The Bertz CT molecular complexity index is 133. The molecule has 0 fully saturated rings. The lowest BCUT2D eigenvalue weighted by molar-refractivity contribution is 0.618. The lowest BCUT2D eigenvalue weighted by Crippen LogP contribution is -1.90. The van der Waals surface area contributed by atoms with Crippen LogP contribution in [0.1, 0.15) is 58.3 Å². The van der Waals surface area contributed by atoms with Gasteiger partial charge in [-0.3, -0.25) is 0 Å². The van der Waals surface area contributed by atoms with Gasteiger partial charge in [-0.1, -0.05) is 37.8 Å². The smallest absolute Gasteiger partial charge is 0.0289 e. The van der Waals surface area contributed by atoms with Crippen LogP contribution in [0, 0.1) is 6.42 Å². The molecule has 0 spiro atoms. The molecule has 0 heterocycles. The third-order valence-corrected chi connectivity index (χ3v) is 2.58. The Morgan fingerprint density at radius 1 is 1.25 bits per heavy atom. The Balaban J connectivity index is 2.26. The van der Waals surface area contributed by atoms with Gasteiger partial charge in [0.05, 0.1) is 0 Å². The first-order chi connectivity index (χ1) is 5.93. The van der Waals surface area contributed by atoms with Crippen LogP contribution in [0.4, 0.5) is 0 Å². The van der Waals surface area contributed by atoms with E-state index < -0.39 is 0 Å². The van der Waals surface area contributed by atoms with Gasteiger partial charge in [-0.2, -0.15) is 0 Å². The summed E-state index contributed by atoms with van der Waals surface area (Å²) in [7, 11) is 0. The third-order valence-electron chi connectivity index (χ3n) is 2.58. The SMILES string of the molecule is CC[CH]CC1=CCCCCCC1. The Morgan fingerprint density at radius 3 is 2.92 bits per heavy atom. The Labute approximate surface area is 77.1 Å². The molecule has 0 unspecified atom stereocenters. The van der Waals surface area contributed by atoms with Crippen LogP contribution in [0.3, 0.4) is 0 Å². The van der Waals surface area contributed by atoms with E-state index >= 15 is 0 Å². The van der Waals surface area contributed by atoms with Crippen molar-refractivity contribution in [3.63, 3.8) is 0 Å². The highest BCUT2D eigenvalue weighted by molar-refractivity contribution is 5.05. The molecule has 0 aromatic carbocycles. The van der Waals surface area contributed by atoms with E-state index in [2.05, 4.69) is 19.4 Å². The average molecular weight is 165 g/mol. The van der Waals surface area contributed by atoms with Crippen LogP contribution in [0.25, 0.3) is 0 Å². The zero-order chi connectivity index (χ0) is 8.65. The lowest BCUT2D eigenvalue weighted by atomic mass is 9.96. The first-order valence-corrected chi connectivity index (χ1v) is 5.43. The van der Waals surface area contributed by atoms with Gasteiger partial charge < -0.3 is 0 Å². The summed E-state index contributed by atoms with van der Waals surface area (Å²) in [4.78, 5) is 0. The maximum atomic E-state index is 2.48. The second-order valence-corrected chi connectivity index (χ2v) is 3.72. The van der Waals surface area contributed by atoms with Gasteiger partial charge >= 0.3 is 0 Å². The van der Waals surface area contributed by atoms with Crippen molar-refractivity contribution in [1.82, 2.24) is 0 Å². The Kier molecular flexibility index (Phi) is 5.14. The number of rotatable bonds is 3. The summed E-state index contributed by atoms with van der Waals surface area (Å²) in [5.41, 5.74) is 1.69. The van der Waals surface area contributed by atoms with Gasteiger partial charge in [0, 0.05) is 0 Å². The molecule has 1 radical (unpaired) electrons. The molecule has 1 rings (SSSR count). The first kappa shape index (κ1) is 9.83. The molecule has 0 aliphatic heterocycles. The summed E-state index contributed by atoms with van der Waals surface area (Å²) in [5.74, 6) is 0. The first-order valence-electron chi connectivity index (χ1n) is 5.43. The zero-order valence-electron chi connectivity index (χ0n) is 8.31. The van der Waals surface area contributed by atoms with Gasteiger partial charge in [0.25, 0.3) is 0 Å². The minimum atomic E-state index is 1.22. The third kappa shape index (κ3) is 3.94. The topological polar surface area (TPSA) is 0 Å². The normalized spacial score (nSPS) is 19.6.